The largest absolute Gasteiger partial charge is 0.497 e. The Hall–Kier alpha value is -2.05. The molecule has 0 saturated carbocycles. The first-order chi connectivity index (χ1) is 11.5. The van der Waals surface area contributed by atoms with Crippen molar-refractivity contribution in [2.75, 3.05) is 20.2 Å². The number of methoxy groups -OCH3 is 1. The first kappa shape index (κ1) is 18.3. The summed E-state index contributed by atoms with van der Waals surface area (Å²) in [5.41, 5.74) is 0.160. The predicted octanol–water partition coefficient (Wildman–Crippen LogP) is 2.90. The van der Waals surface area contributed by atoms with Crippen molar-refractivity contribution in [1.29, 1.82) is 0 Å². The summed E-state index contributed by atoms with van der Waals surface area (Å²) >= 11 is 1.47. The minimum absolute atomic E-state index is 0.178. The van der Waals surface area contributed by atoms with Crippen LogP contribution in [0.15, 0.2) is 41.8 Å². The maximum absolute atomic E-state index is 11.8. The summed E-state index contributed by atoms with van der Waals surface area (Å²) < 4.78 is 5.12. The molecule has 1 aromatic heterocycles. The van der Waals surface area contributed by atoms with E-state index in [2.05, 4.69) is 10.6 Å². The third kappa shape index (κ3) is 5.54. The smallest absolute Gasteiger partial charge is 0.314 e. The molecule has 24 heavy (non-hydrogen) atoms. The molecule has 0 spiro atoms. The van der Waals surface area contributed by atoms with Gasteiger partial charge in [-0.3, -0.25) is 0 Å². The molecular formula is C18H24N2O3S. The van der Waals surface area contributed by atoms with Crippen LogP contribution in [-0.4, -0.2) is 31.3 Å². The van der Waals surface area contributed by atoms with Crippen LogP contribution in [0.3, 0.4) is 0 Å². The fraction of sp³-hybridized carbons (Fsp3) is 0.389. The third-order valence-corrected chi connectivity index (χ3v) is 4.85. The van der Waals surface area contributed by atoms with Crippen LogP contribution in [0.25, 0.3) is 0 Å². The zero-order valence-electron chi connectivity index (χ0n) is 14.0. The Kier molecular flexibility index (Phi) is 6.63. The molecule has 1 atom stereocenters. The molecule has 0 aliphatic rings. The van der Waals surface area contributed by atoms with Crippen molar-refractivity contribution in [2.45, 2.75) is 25.4 Å². The lowest BCUT2D eigenvalue weighted by atomic mass is 10.1. The Balaban J connectivity index is 1.64. The van der Waals surface area contributed by atoms with Gasteiger partial charge >= 0.3 is 6.03 Å². The number of nitrogens with one attached hydrogen (secondary N) is 2. The van der Waals surface area contributed by atoms with E-state index in [4.69, 9.17) is 4.74 Å². The van der Waals surface area contributed by atoms with Gasteiger partial charge < -0.3 is 20.5 Å². The average Bonchev–Trinajstić information content (AvgIpc) is 3.13. The van der Waals surface area contributed by atoms with Crippen LogP contribution in [0.5, 0.6) is 5.75 Å². The number of thiophene rings is 1. The van der Waals surface area contributed by atoms with Gasteiger partial charge in [-0.15, -0.1) is 11.3 Å². The van der Waals surface area contributed by atoms with Gasteiger partial charge in [-0.1, -0.05) is 18.2 Å². The van der Waals surface area contributed by atoms with Crippen LogP contribution in [0.1, 0.15) is 23.8 Å². The third-order valence-electron chi connectivity index (χ3n) is 3.73. The van der Waals surface area contributed by atoms with Gasteiger partial charge in [0.1, 0.15) is 11.4 Å². The lowest BCUT2D eigenvalue weighted by molar-refractivity contribution is 0.0631. The summed E-state index contributed by atoms with van der Waals surface area (Å²) in [6, 6.07) is 11.4. The Morgan fingerprint density at radius 2 is 2.00 bits per heavy atom. The number of hydrogen-bond donors (Lipinski definition) is 3. The van der Waals surface area contributed by atoms with E-state index in [1.165, 1.54) is 16.9 Å². The highest BCUT2D eigenvalue weighted by Gasteiger charge is 2.24. The van der Waals surface area contributed by atoms with E-state index in [0.29, 0.717) is 6.54 Å². The zero-order chi connectivity index (χ0) is 17.4. The van der Waals surface area contributed by atoms with E-state index < -0.39 is 5.60 Å². The molecule has 130 valence electrons. The van der Waals surface area contributed by atoms with Crippen molar-refractivity contribution in [1.82, 2.24) is 10.6 Å². The summed E-state index contributed by atoms with van der Waals surface area (Å²) in [4.78, 5) is 12.6. The van der Waals surface area contributed by atoms with Gasteiger partial charge in [0.2, 0.25) is 0 Å². The molecule has 2 amide bonds. The second kappa shape index (κ2) is 8.70. The molecular weight excluding hydrogens is 324 g/mol. The lowest BCUT2D eigenvalue weighted by Gasteiger charge is -2.22. The Morgan fingerprint density at radius 1 is 1.25 bits per heavy atom. The van der Waals surface area contributed by atoms with Crippen LogP contribution < -0.4 is 15.4 Å². The van der Waals surface area contributed by atoms with Crippen molar-refractivity contribution >= 4 is 17.4 Å². The van der Waals surface area contributed by atoms with Gasteiger partial charge in [-0.2, -0.15) is 0 Å². The first-order valence-electron chi connectivity index (χ1n) is 7.92. The number of ether oxygens (including phenoxy) is 1. The van der Waals surface area contributed by atoms with E-state index in [-0.39, 0.29) is 12.6 Å². The van der Waals surface area contributed by atoms with Crippen molar-refractivity contribution in [3.05, 3.63) is 52.2 Å². The molecule has 1 unspecified atom stereocenters. The standard InChI is InChI=1S/C18H24N2O3S/c1-18(22,16-6-4-12-24-16)13-20-17(21)19-11-3-5-14-7-9-15(23-2)10-8-14/h4,6-10,12,22H,3,5,11,13H2,1-2H3,(H2,19,20,21). The molecule has 5 nitrogen and oxygen atoms in total. The van der Waals surface area contributed by atoms with E-state index in [9.17, 15) is 9.90 Å². The summed E-state index contributed by atoms with van der Waals surface area (Å²) in [6.07, 6.45) is 1.73. The summed E-state index contributed by atoms with van der Waals surface area (Å²) in [5.74, 6) is 0.842. The predicted molar refractivity (Wildman–Crippen MR) is 96.6 cm³/mol. The fourth-order valence-electron chi connectivity index (χ4n) is 2.27. The number of aryl methyl sites for hydroxylation is 1. The quantitative estimate of drug-likeness (QED) is 0.643. The van der Waals surface area contributed by atoms with Crippen LogP contribution >= 0.6 is 11.3 Å². The molecule has 1 heterocycles. The normalized spacial score (nSPS) is 13.1. The molecule has 0 aliphatic carbocycles. The average molecular weight is 348 g/mol. The monoisotopic (exact) mass is 348 g/mol. The second-order valence-electron chi connectivity index (χ2n) is 5.81. The number of rotatable bonds is 8. The Bertz CT molecular complexity index is 624. The van der Waals surface area contributed by atoms with Gasteiger partial charge in [0.15, 0.2) is 0 Å². The number of carbonyl (C=O) groups excluding carboxylic acids is 1. The summed E-state index contributed by atoms with van der Waals surface area (Å²) in [7, 11) is 1.65. The molecule has 0 fully saturated rings. The van der Waals surface area contributed by atoms with Gasteiger partial charge in [-0.25, -0.2) is 4.79 Å². The maximum atomic E-state index is 11.8. The maximum Gasteiger partial charge on any atom is 0.314 e. The molecule has 0 bridgehead atoms. The van der Waals surface area contributed by atoms with Crippen LogP contribution in [0.2, 0.25) is 0 Å². The molecule has 2 aromatic rings. The van der Waals surface area contributed by atoms with Crippen LogP contribution in [0, 0.1) is 0 Å². The molecule has 0 aliphatic heterocycles. The number of urea groups is 1. The zero-order valence-corrected chi connectivity index (χ0v) is 14.9. The summed E-state index contributed by atoms with van der Waals surface area (Å²) in [6.45, 7) is 2.46. The Morgan fingerprint density at radius 3 is 2.62 bits per heavy atom. The molecule has 1 aromatic carbocycles. The molecule has 0 saturated heterocycles. The topological polar surface area (TPSA) is 70.6 Å². The van der Waals surface area contributed by atoms with Crippen molar-refractivity contribution in [3.8, 4) is 5.75 Å². The van der Waals surface area contributed by atoms with E-state index in [1.54, 1.807) is 14.0 Å². The van der Waals surface area contributed by atoms with Gasteiger partial charge in [-0.05, 0) is 48.9 Å². The first-order valence-corrected chi connectivity index (χ1v) is 8.80. The van der Waals surface area contributed by atoms with Gasteiger partial charge in [0, 0.05) is 11.4 Å². The van der Waals surface area contributed by atoms with Crippen molar-refractivity contribution < 1.29 is 14.6 Å². The fourth-order valence-corrected chi connectivity index (χ4v) is 3.06. The summed E-state index contributed by atoms with van der Waals surface area (Å²) in [5, 5.41) is 17.8. The minimum atomic E-state index is -1.05. The van der Waals surface area contributed by atoms with E-state index >= 15 is 0 Å². The number of carbonyl (C=O) groups is 1. The van der Waals surface area contributed by atoms with Gasteiger partial charge in [0.05, 0.1) is 13.7 Å². The number of benzene rings is 1. The van der Waals surface area contributed by atoms with Crippen molar-refractivity contribution in [2.24, 2.45) is 0 Å². The van der Waals surface area contributed by atoms with Gasteiger partial charge in [0.25, 0.3) is 0 Å². The van der Waals surface area contributed by atoms with Crippen LogP contribution in [-0.2, 0) is 12.0 Å². The molecule has 2 rings (SSSR count). The number of amides is 2. The lowest BCUT2D eigenvalue weighted by Crippen LogP contribution is -2.43. The highest BCUT2D eigenvalue weighted by atomic mass is 32.1. The molecule has 3 N–H and O–H groups in total. The van der Waals surface area contributed by atoms with E-state index in [0.717, 1.165) is 23.5 Å². The SMILES string of the molecule is COc1ccc(CCCNC(=O)NCC(C)(O)c2cccs2)cc1. The molecule has 6 heteroatoms. The van der Waals surface area contributed by atoms with Crippen molar-refractivity contribution in [3.63, 3.8) is 0 Å². The number of hydrogen-bond acceptors (Lipinski definition) is 4. The highest BCUT2D eigenvalue weighted by Crippen LogP contribution is 2.24. The van der Waals surface area contributed by atoms with Crippen LogP contribution in [0.4, 0.5) is 4.79 Å². The number of aliphatic hydroxyl groups is 1. The molecule has 0 radical (unpaired) electrons. The highest BCUT2D eigenvalue weighted by molar-refractivity contribution is 7.10. The minimum Gasteiger partial charge on any atom is -0.497 e. The Labute approximate surface area is 146 Å². The second-order valence-corrected chi connectivity index (χ2v) is 6.76. The van der Waals surface area contributed by atoms with E-state index in [1.807, 2.05) is 41.8 Å².